The number of hydrogen-bond donors (Lipinski definition) is 0. The highest BCUT2D eigenvalue weighted by Crippen LogP contribution is 2.36. The van der Waals surface area contributed by atoms with E-state index in [1.807, 2.05) is 0 Å². The molecule has 0 spiro atoms. The van der Waals surface area contributed by atoms with E-state index in [-0.39, 0.29) is 5.97 Å². The number of esters is 1. The molecule has 3 heteroatoms. The van der Waals surface area contributed by atoms with Gasteiger partial charge < -0.3 is 4.74 Å². The second-order valence-electron chi connectivity index (χ2n) is 5.10. The standard InChI is InChI=1S/C11H20O2Si/c1-9(12)13-10-5-7-11(8-6-10)14(2,3)4/h5,11H,6-8H2,1-4H3. The average molecular weight is 212 g/mol. The number of rotatable bonds is 2. The highest BCUT2D eigenvalue weighted by atomic mass is 28.3. The number of hydrogen-bond acceptors (Lipinski definition) is 2. The second-order valence-corrected chi connectivity index (χ2v) is 10.6. The second kappa shape index (κ2) is 4.30. The molecule has 1 atom stereocenters. The fourth-order valence-electron chi connectivity index (χ4n) is 1.87. The van der Waals surface area contributed by atoms with Gasteiger partial charge in [-0.1, -0.05) is 19.6 Å². The van der Waals surface area contributed by atoms with Crippen molar-refractivity contribution in [3.05, 3.63) is 11.8 Å². The lowest BCUT2D eigenvalue weighted by atomic mass is 10.1. The number of ether oxygens (including phenoxy) is 1. The van der Waals surface area contributed by atoms with Crippen molar-refractivity contribution in [3.8, 4) is 0 Å². The zero-order valence-electron chi connectivity index (χ0n) is 9.59. The van der Waals surface area contributed by atoms with Gasteiger partial charge in [0, 0.05) is 21.4 Å². The smallest absolute Gasteiger partial charge is 0.307 e. The lowest BCUT2D eigenvalue weighted by molar-refractivity contribution is -0.137. The summed E-state index contributed by atoms with van der Waals surface area (Å²) in [5, 5.41) is 0. The minimum atomic E-state index is -1.01. The van der Waals surface area contributed by atoms with Gasteiger partial charge in [0.05, 0.1) is 0 Å². The monoisotopic (exact) mass is 212 g/mol. The molecule has 0 aromatic carbocycles. The molecule has 0 N–H and O–H groups in total. The van der Waals surface area contributed by atoms with E-state index in [4.69, 9.17) is 4.74 Å². The van der Waals surface area contributed by atoms with Gasteiger partial charge in [-0.15, -0.1) is 0 Å². The molecule has 1 unspecified atom stereocenters. The maximum absolute atomic E-state index is 10.7. The van der Waals surface area contributed by atoms with Crippen molar-refractivity contribution in [2.45, 2.75) is 51.4 Å². The third-order valence-electron chi connectivity index (χ3n) is 2.87. The van der Waals surface area contributed by atoms with Crippen LogP contribution in [-0.4, -0.2) is 14.0 Å². The average Bonchev–Trinajstić information content (AvgIpc) is 2.02. The maximum Gasteiger partial charge on any atom is 0.307 e. The molecule has 0 heterocycles. The first-order valence-corrected chi connectivity index (χ1v) is 8.85. The molecule has 0 saturated carbocycles. The Morgan fingerprint density at radius 1 is 1.50 bits per heavy atom. The molecule has 0 fully saturated rings. The minimum Gasteiger partial charge on any atom is -0.432 e. The molecule has 14 heavy (non-hydrogen) atoms. The molecular formula is C11H20O2Si. The van der Waals surface area contributed by atoms with E-state index in [0.717, 1.165) is 24.1 Å². The molecule has 0 saturated heterocycles. The largest absolute Gasteiger partial charge is 0.432 e. The molecule has 1 aliphatic rings. The van der Waals surface area contributed by atoms with E-state index in [0.29, 0.717) is 0 Å². The van der Waals surface area contributed by atoms with Crippen LogP contribution in [0.4, 0.5) is 0 Å². The van der Waals surface area contributed by atoms with Crippen molar-refractivity contribution in [1.82, 2.24) is 0 Å². The fourth-order valence-corrected chi connectivity index (χ4v) is 3.71. The van der Waals surface area contributed by atoms with Crippen LogP contribution in [0.3, 0.4) is 0 Å². The van der Waals surface area contributed by atoms with E-state index in [9.17, 15) is 4.79 Å². The normalized spacial score (nSPS) is 22.9. The highest BCUT2D eigenvalue weighted by Gasteiger charge is 2.28. The Balaban J connectivity index is 2.51. The Morgan fingerprint density at radius 3 is 2.50 bits per heavy atom. The van der Waals surface area contributed by atoms with Crippen molar-refractivity contribution in [2.24, 2.45) is 0 Å². The van der Waals surface area contributed by atoms with Gasteiger partial charge in [0.25, 0.3) is 0 Å². The first kappa shape index (κ1) is 11.5. The van der Waals surface area contributed by atoms with Crippen LogP contribution in [0.15, 0.2) is 11.8 Å². The van der Waals surface area contributed by atoms with E-state index in [1.165, 1.54) is 13.3 Å². The van der Waals surface area contributed by atoms with Crippen molar-refractivity contribution in [3.63, 3.8) is 0 Å². The van der Waals surface area contributed by atoms with Crippen LogP contribution in [0.2, 0.25) is 25.2 Å². The summed E-state index contributed by atoms with van der Waals surface area (Å²) < 4.78 is 5.09. The van der Waals surface area contributed by atoms with Crippen molar-refractivity contribution in [1.29, 1.82) is 0 Å². The van der Waals surface area contributed by atoms with Gasteiger partial charge in [0.15, 0.2) is 0 Å². The van der Waals surface area contributed by atoms with Crippen LogP contribution >= 0.6 is 0 Å². The van der Waals surface area contributed by atoms with Gasteiger partial charge in [-0.3, -0.25) is 4.79 Å². The van der Waals surface area contributed by atoms with Crippen LogP contribution in [0.25, 0.3) is 0 Å². The lowest BCUT2D eigenvalue weighted by Gasteiger charge is -2.31. The molecule has 0 amide bonds. The Labute approximate surface area is 87.3 Å². The maximum atomic E-state index is 10.7. The molecule has 0 aromatic rings. The van der Waals surface area contributed by atoms with Crippen molar-refractivity contribution < 1.29 is 9.53 Å². The summed E-state index contributed by atoms with van der Waals surface area (Å²) in [5.74, 6) is 0.690. The molecular weight excluding hydrogens is 192 g/mol. The first-order chi connectivity index (χ1) is 6.39. The van der Waals surface area contributed by atoms with Crippen LogP contribution in [0.1, 0.15) is 26.2 Å². The third kappa shape index (κ3) is 3.29. The molecule has 0 aliphatic heterocycles. The summed E-state index contributed by atoms with van der Waals surface area (Å²) in [6.45, 7) is 8.68. The molecule has 1 aliphatic carbocycles. The predicted molar refractivity (Wildman–Crippen MR) is 60.8 cm³/mol. The minimum absolute atomic E-state index is 0.192. The summed E-state index contributed by atoms with van der Waals surface area (Å²) in [7, 11) is -1.01. The van der Waals surface area contributed by atoms with Gasteiger partial charge in [0.1, 0.15) is 5.76 Å². The van der Waals surface area contributed by atoms with Crippen molar-refractivity contribution >= 4 is 14.0 Å². The van der Waals surface area contributed by atoms with Gasteiger partial charge in [-0.05, 0) is 24.5 Å². The number of carbonyl (C=O) groups excluding carboxylic acids is 1. The Morgan fingerprint density at radius 2 is 2.14 bits per heavy atom. The summed E-state index contributed by atoms with van der Waals surface area (Å²) in [6.07, 6.45) is 5.33. The Kier molecular flexibility index (Phi) is 3.53. The van der Waals surface area contributed by atoms with Crippen LogP contribution in [-0.2, 0) is 9.53 Å². The van der Waals surface area contributed by atoms with Crippen molar-refractivity contribution in [2.75, 3.05) is 0 Å². The van der Waals surface area contributed by atoms with Crippen LogP contribution in [0, 0.1) is 0 Å². The van der Waals surface area contributed by atoms with Gasteiger partial charge in [-0.2, -0.15) is 0 Å². The summed E-state index contributed by atoms with van der Waals surface area (Å²) in [4.78, 5) is 10.7. The topological polar surface area (TPSA) is 26.3 Å². The summed E-state index contributed by atoms with van der Waals surface area (Å²) in [6, 6.07) is 0. The van der Waals surface area contributed by atoms with Gasteiger partial charge in [0.2, 0.25) is 0 Å². The van der Waals surface area contributed by atoms with E-state index >= 15 is 0 Å². The predicted octanol–water partition coefficient (Wildman–Crippen LogP) is 3.33. The molecule has 0 aromatic heterocycles. The quantitative estimate of drug-likeness (QED) is 0.518. The summed E-state index contributed by atoms with van der Waals surface area (Å²) >= 11 is 0. The first-order valence-electron chi connectivity index (χ1n) is 5.27. The fraction of sp³-hybridized carbons (Fsp3) is 0.727. The zero-order valence-corrected chi connectivity index (χ0v) is 10.6. The van der Waals surface area contributed by atoms with Crippen LogP contribution < -0.4 is 0 Å². The SMILES string of the molecule is CC(=O)OC1=CCC([Si](C)(C)C)CC1. The summed E-state index contributed by atoms with van der Waals surface area (Å²) in [5.41, 5.74) is 0.849. The Hall–Kier alpha value is -0.573. The number of allylic oxidation sites excluding steroid dienone is 2. The van der Waals surface area contributed by atoms with E-state index < -0.39 is 8.07 Å². The molecule has 2 nitrogen and oxygen atoms in total. The zero-order chi connectivity index (χ0) is 10.8. The third-order valence-corrected chi connectivity index (χ3v) is 5.84. The van der Waals surface area contributed by atoms with Gasteiger partial charge >= 0.3 is 5.97 Å². The van der Waals surface area contributed by atoms with E-state index in [1.54, 1.807) is 0 Å². The van der Waals surface area contributed by atoms with Gasteiger partial charge in [-0.25, -0.2) is 0 Å². The molecule has 80 valence electrons. The number of carbonyl (C=O) groups is 1. The molecule has 0 radical (unpaired) electrons. The molecule has 0 bridgehead atoms. The molecule has 1 rings (SSSR count). The van der Waals surface area contributed by atoms with Crippen LogP contribution in [0.5, 0.6) is 0 Å². The Bertz CT molecular complexity index is 251. The van der Waals surface area contributed by atoms with E-state index in [2.05, 4.69) is 25.7 Å². The lowest BCUT2D eigenvalue weighted by Crippen LogP contribution is -2.29. The highest BCUT2D eigenvalue weighted by molar-refractivity contribution is 6.77.